The van der Waals surface area contributed by atoms with Crippen LogP contribution < -0.4 is 0 Å². The number of esters is 1. The summed E-state index contributed by atoms with van der Waals surface area (Å²) >= 11 is 0. The molecule has 6 heteroatoms. The monoisotopic (exact) mass is 375 g/mol. The van der Waals surface area contributed by atoms with E-state index in [-0.39, 0.29) is 12.4 Å². The summed E-state index contributed by atoms with van der Waals surface area (Å²) in [7, 11) is 0. The molecule has 3 aromatic rings. The number of benzene rings is 1. The zero-order valence-corrected chi connectivity index (χ0v) is 15.7. The van der Waals surface area contributed by atoms with Gasteiger partial charge in [0.15, 0.2) is 12.4 Å². The Labute approximate surface area is 163 Å². The van der Waals surface area contributed by atoms with Gasteiger partial charge in [-0.2, -0.15) is 0 Å². The predicted octanol–water partition coefficient (Wildman–Crippen LogP) is 3.05. The summed E-state index contributed by atoms with van der Waals surface area (Å²) in [5.41, 5.74) is 3.63. The number of likely N-dealkylation sites (N-methyl/N-ethyl adjacent to an activating group) is 1. The molecule has 0 radical (unpaired) electrons. The zero-order valence-electron chi connectivity index (χ0n) is 15.7. The minimum Gasteiger partial charge on any atom is -0.454 e. The van der Waals surface area contributed by atoms with Crippen LogP contribution in [0.1, 0.15) is 38.9 Å². The molecule has 1 aliphatic heterocycles. The Morgan fingerprint density at radius 3 is 2.71 bits per heavy atom. The molecule has 0 spiro atoms. The van der Waals surface area contributed by atoms with E-state index >= 15 is 0 Å². The van der Waals surface area contributed by atoms with Gasteiger partial charge in [-0.15, -0.1) is 0 Å². The lowest BCUT2D eigenvalue weighted by molar-refractivity contribution is 0.0474. The van der Waals surface area contributed by atoms with Gasteiger partial charge in [0.05, 0.1) is 11.1 Å². The molecule has 2 aromatic heterocycles. The predicted molar refractivity (Wildman–Crippen MR) is 105 cm³/mol. The van der Waals surface area contributed by atoms with Crippen molar-refractivity contribution < 1.29 is 14.3 Å². The lowest BCUT2D eigenvalue weighted by atomic mass is 9.96. The van der Waals surface area contributed by atoms with Crippen LogP contribution in [-0.4, -0.2) is 46.3 Å². The first-order valence-electron chi connectivity index (χ1n) is 9.40. The van der Waals surface area contributed by atoms with E-state index in [4.69, 9.17) is 9.72 Å². The van der Waals surface area contributed by atoms with E-state index < -0.39 is 5.97 Å². The number of fused-ring (bicyclic) bond motifs is 2. The van der Waals surface area contributed by atoms with Crippen molar-refractivity contribution in [3.8, 4) is 0 Å². The van der Waals surface area contributed by atoms with Gasteiger partial charge in [-0.05, 0) is 24.7 Å². The first-order valence-corrected chi connectivity index (χ1v) is 9.40. The van der Waals surface area contributed by atoms with Gasteiger partial charge in [0.2, 0.25) is 0 Å². The van der Waals surface area contributed by atoms with Gasteiger partial charge < -0.3 is 4.74 Å². The minimum atomic E-state index is -0.477. The number of aromatic nitrogens is 2. The number of rotatable bonds is 5. The molecule has 0 fully saturated rings. The first kappa shape index (κ1) is 18.3. The Kier molecular flexibility index (Phi) is 5.12. The van der Waals surface area contributed by atoms with E-state index in [0.29, 0.717) is 17.7 Å². The maximum atomic E-state index is 13.0. The summed E-state index contributed by atoms with van der Waals surface area (Å²) in [6, 6.07) is 10.8. The van der Waals surface area contributed by atoms with Crippen molar-refractivity contribution in [1.29, 1.82) is 0 Å². The third-order valence-electron chi connectivity index (χ3n) is 5.11. The Bertz CT molecular complexity index is 1030. The summed E-state index contributed by atoms with van der Waals surface area (Å²) in [5.74, 6) is -0.728. The maximum absolute atomic E-state index is 13.0. The van der Waals surface area contributed by atoms with E-state index in [9.17, 15) is 9.59 Å². The highest BCUT2D eigenvalue weighted by Crippen LogP contribution is 2.28. The van der Waals surface area contributed by atoms with E-state index in [0.717, 1.165) is 41.7 Å². The van der Waals surface area contributed by atoms with Gasteiger partial charge in [-0.1, -0.05) is 25.1 Å². The van der Waals surface area contributed by atoms with Crippen molar-refractivity contribution in [2.45, 2.75) is 19.9 Å². The van der Waals surface area contributed by atoms with Gasteiger partial charge in [0.25, 0.3) is 0 Å². The largest absolute Gasteiger partial charge is 0.454 e. The number of carbonyl (C=O) groups is 2. The first-order chi connectivity index (χ1) is 13.7. The fourth-order valence-corrected chi connectivity index (χ4v) is 3.57. The fourth-order valence-electron chi connectivity index (χ4n) is 3.57. The normalized spacial score (nSPS) is 13.9. The van der Waals surface area contributed by atoms with E-state index in [1.54, 1.807) is 24.5 Å². The van der Waals surface area contributed by atoms with Gasteiger partial charge in [0, 0.05) is 54.1 Å². The highest BCUT2D eigenvalue weighted by molar-refractivity contribution is 6.06. The molecule has 28 heavy (non-hydrogen) atoms. The van der Waals surface area contributed by atoms with Crippen molar-refractivity contribution >= 4 is 22.7 Å². The van der Waals surface area contributed by atoms with Crippen molar-refractivity contribution in [3.63, 3.8) is 0 Å². The number of ether oxygens (including phenoxy) is 1. The average Bonchev–Trinajstić information content (AvgIpc) is 2.75. The van der Waals surface area contributed by atoms with Crippen LogP contribution in [-0.2, 0) is 17.7 Å². The minimum absolute atomic E-state index is 0.252. The van der Waals surface area contributed by atoms with Crippen LogP contribution in [0.2, 0.25) is 0 Å². The van der Waals surface area contributed by atoms with Crippen molar-refractivity contribution in [3.05, 3.63) is 71.2 Å². The smallest absolute Gasteiger partial charge is 0.339 e. The summed E-state index contributed by atoms with van der Waals surface area (Å²) in [6.07, 6.45) is 3.88. The molecule has 4 rings (SSSR count). The summed E-state index contributed by atoms with van der Waals surface area (Å²) < 4.78 is 5.43. The quantitative estimate of drug-likeness (QED) is 0.504. The summed E-state index contributed by atoms with van der Waals surface area (Å²) in [4.78, 5) is 36.3. The van der Waals surface area contributed by atoms with E-state index in [1.165, 1.54) is 0 Å². The van der Waals surface area contributed by atoms with Gasteiger partial charge in [0.1, 0.15) is 0 Å². The lowest BCUT2D eigenvalue weighted by Gasteiger charge is -2.28. The number of pyridine rings is 2. The summed E-state index contributed by atoms with van der Waals surface area (Å²) in [5, 5.41) is 0.764. The Morgan fingerprint density at radius 1 is 1.14 bits per heavy atom. The third kappa shape index (κ3) is 3.51. The molecule has 0 unspecified atom stereocenters. The SMILES string of the molecule is CCN1CCc2nc3ccccc3c(C(=O)OCC(=O)c3ccncc3)c2C1. The number of Topliss-reactive ketones (excluding diaryl/α,β-unsaturated/α-hetero) is 1. The molecular formula is C22H21N3O3. The second-order valence-corrected chi connectivity index (χ2v) is 6.78. The Balaban J connectivity index is 1.66. The highest BCUT2D eigenvalue weighted by Gasteiger charge is 2.26. The molecule has 0 saturated carbocycles. The van der Waals surface area contributed by atoms with Crippen LogP contribution in [0.15, 0.2) is 48.8 Å². The molecule has 0 atom stereocenters. The maximum Gasteiger partial charge on any atom is 0.339 e. The molecule has 0 saturated heterocycles. The van der Waals surface area contributed by atoms with Crippen molar-refractivity contribution in [2.24, 2.45) is 0 Å². The number of hydrogen-bond donors (Lipinski definition) is 0. The number of hydrogen-bond acceptors (Lipinski definition) is 6. The second-order valence-electron chi connectivity index (χ2n) is 6.78. The third-order valence-corrected chi connectivity index (χ3v) is 5.11. The van der Waals surface area contributed by atoms with Gasteiger partial charge >= 0.3 is 5.97 Å². The molecule has 0 amide bonds. The number of carbonyl (C=O) groups excluding carboxylic acids is 2. The van der Waals surface area contributed by atoms with Crippen molar-refractivity contribution in [2.75, 3.05) is 19.7 Å². The number of para-hydroxylation sites is 1. The standard InChI is InChI=1S/C22H21N3O3/c1-2-25-12-9-19-17(13-25)21(16-5-3-4-6-18(16)24-19)22(27)28-14-20(26)15-7-10-23-11-8-15/h3-8,10-11H,2,9,12-14H2,1H3. The molecule has 0 bridgehead atoms. The molecule has 0 N–H and O–H groups in total. The number of nitrogens with zero attached hydrogens (tertiary/aromatic N) is 3. The zero-order chi connectivity index (χ0) is 19.5. The summed E-state index contributed by atoms with van der Waals surface area (Å²) in [6.45, 7) is 4.29. The molecule has 3 heterocycles. The molecule has 1 aliphatic rings. The van der Waals surface area contributed by atoms with Crippen LogP contribution in [0.25, 0.3) is 10.9 Å². The second kappa shape index (κ2) is 7.86. The Morgan fingerprint density at radius 2 is 1.93 bits per heavy atom. The lowest BCUT2D eigenvalue weighted by Crippen LogP contribution is -2.32. The van der Waals surface area contributed by atoms with Crippen LogP contribution in [0, 0.1) is 0 Å². The molecule has 142 valence electrons. The Hall–Kier alpha value is -3.12. The fraction of sp³-hybridized carbons (Fsp3) is 0.273. The molecule has 6 nitrogen and oxygen atoms in total. The van der Waals surface area contributed by atoms with Crippen LogP contribution in [0.5, 0.6) is 0 Å². The van der Waals surface area contributed by atoms with Crippen molar-refractivity contribution in [1.82, 2.24) is 14.9 Å². The van der Waals surface area contributed by atoms with Gasteiger partial charge in [-0.3, -0.25) is 19.7 Å². The average molecular weight is 375 g/mol. The molecule has 1 aromatic carbocycles. The topological polar surface area (TPSA) is 72.4 Å². The van der Waals surface area contributed by atoms with Crippen LogP contribution >= 0.6 is 0 Å². The van der Waals surface area contributed by atoms with Crippen LogP contribution in [0.4, 0.5) is 0 Å². The van der Waals surface area contributed by atoms with Crippen LogP contribution in [0.3, 0.4) is 0 Å². The highest BCUT2D eigenvalue weighted by atomic mass is 16.5. The van der Waals surface area contributed by atoms with E-state index in [1.807, 2.05) is 24.3 Å². The molecular weight excluding hydrogens is 354 g/mol. The molecule has 0 aliphatic carbocycles. The number of ketones is 1. The van der Waals surface area contributed by atoms with E-state index in [2.05, 4.69) is 16.8 Å². The van der Waals surface area contributed by atoms with Gasteiger partial charge in [-0.25, -0.2) is 4.79 Å².